The summed E-state index contributed by atoms with van der Waals surface area (Å²) in [6, 6.07) is 6.29. The van der Waals surface area contributed by atoms with E-state index in [0.29, 0.717) is 5.69 Å². The van der Waals surface area contributed by atoms with Crippen LogP contribution in [0.1, 0.15) is 23.0 Å². The number of esters is 1. The molecule has 0 saturated carbocycles. The van der Waals surface area contributed by atoms with Crippen molar-refractivity contribution in [3.8, 4) is 0 Å². The molecule has 0 fully saturated rings. The highest BCUT2D eigenvalue weighted by Crippen LogP contribution is 2.22. The van der Waals surface area contributed by atoms with Gasteiger partial charge in [0, 0.05) is 7.05 Å². The number of carbonyl (C=O) groups excluding carboxylic acids is 1. The van der Waals surface area contributed by atoms with Crippen LogP contribution in [0.15, 0.2) is 35.4 Å². The number of anilines is 1. The number of ether oxygens (including phenoxy) is 1. The molecule has 1 heterocycles. The molecule has 0 aliphatic carbocycles. The first-order valence-electron chi connectivity index (χ1n) is 6.64. The number of aryl methyl sites for hydroxylation is 1. The lowest BCUT2D eigenvalue weighted by molar-refractivity contribution is 0.0527. The average molecular weight is 323 g/mol. The van der Waals surface area contributed by atoms with Crippen LogP contribution in [0.2, 0.25) is 0 Å². The highest BCUT2D eigenvalue weighted by molar-refractivity contribution is 7.92. The van der Waals surface area contributed by atoms with Crippen molar-refractivity contribution in [1.29, 1.82) is 0 Å². The molecule has 1 aromatic heterocycles. The Morgan fingerprint density at radius 1 is 1.36 bits per heavy atom. The van der Waals surface area contributed by atoms with Gasteiger partial charge >= 0.3 is 5.97 Å². The normalized spacial score (nSPS) is 11.2. The van der Waals surface area contributed by atoms with E-state index in [4.69, 9.17) is 4.74 Å². The maximum Gasteiger partial charge on any atom is 0.340 e. The Balaban J connectivity index is 2.39. The SMILES string of the molecule is CCOC(=O)c1ccccc1NS(=O)(=O)c1cnn(C)c1C. The van der Waals surface area contributed by atoms with E-state index >= 15 is 0 Å². The van der Waals surface area contributed by atoms with Crippen LogP contribution in [0, 0.1) is 6.92 Å². The Morgan fingerprint density at radius 3 is 2.64 bits per heavy atom. The third kappa shape index (κ3) is 3.11. The van der Waals surface area contributed by atoms with Crippen LogP contribution in [0.4, 0.5) is 5.69 Å². The molecule has 2 rings (SSSR count). The van der Waals surface area contributed by atoms with E-state index in [2.05, 4.69) is 9.82 Å². The molecule has 8 heteroatoms. The smallest absolute Gasteiger partial charge is 0.340 e. The number of carbonyl (C=O) groups is 1. The molecule has 1 N–H and O–H groups in total. The van der Waals surface area contributed by atoms with Gasteiger partial charge in [-0.25, -0.2) is 13.2 Å². The zero-order valence-corrected chi connectivity index (χ0v) is 13.3. The lowest BCUT2D eigenvalue weighted by Crippen LogP contribution is -2.17. The first-order chi connectivity index (χ1) is 10.4. The summed E-state index contributed by atoms with van der Waals surface area (Å²) in [5, 5.41) is 3.92. The minimum atomic E-state index is -3.84. The average Bonchev–Trinajstić information content (AvgIpc) is 2.80. The Hall–Kier alpha value is -2.35. The number of nitrogens with zero attached hydrogens (tertiary/aromatic N) is 2. The quantitative estimate of drug-likeness (QED) is 0.846. The summed E-state index contributed by atoms with van der Waals surface area (Å²) < 4.78 is 33.7. The van der Waals surface area contributed by atoms with Crippen molar-refractivity contribution in [2.75, 3.05) is 11.3 Å². The zero-order chi connectivity index (χ0) is 16.3. The molecule has 0 aliphatic heterocycles. The highest BCUT2D eigenvalue weighted by atomic mass is 32.2. The number of hydrogen-bond acceptors (Lipinski definition) is 5. The summed E-state index contributed by atoms with van der Waals surface area (Å²) in [6.45, 7) is 3.55. The molecule has 22 heavy (non-hydrogen) atoms. The number of para-hydroxylation sites is 1. The van der Waals surface area contributed by atoms with Gasteiger partial charge in [0.25, 0.3) is 10.0 Å². The van der Waals surface area contributed by atoms with Crippen LogP contribution in [0.25, 0.3) is 0 Å². The molecular weight excluding hydrogens is 306 g/mol. The first-order valence-corrected chi connectivity index (χ1v) is 8.12. The molecule has 0 bridgehead atoms. The van der Waals surface area contributed by atoms with E-state index in [1.165, 1.54) is 23.0 Å². The van der Waals surface area contributed by atoms with Crippen molar-refractivity contribution in [2.24, 2.45) is 7.05 Å². The van der Waals surface area contributed by atoms with E-state index in [-0.39, 0.29) is 22.8 Å². The fourth-order valence-electron chi connectivity index (χ4n) is 1.90. The summed E-state index contributed by atoms with van der Waals surface area (Å²) >= 11 is 0. The molecular formula is C14H17N3O4S. The number of aromatic nitrogens is 2. The van der Waals surface area contributed by atoms with Gasteiger partial charge in [0.2, 0.25) is 0 Å². The number of nitrogens with one attached hydrogen (secondary N) is 1. The van der Waals surface area contributed by atoms with Crippen molar-refractivity contribution in [2.45, 2.75) is 18.7 Å². The van der Waals surface area contributed by atoms with E-state index < -0.39 is 16.0 Å². The maximum absolute atomic E-state index is 12.5. The summed E-state index contributed by atoms with van der Waals surface area (Å²) in [5.74, 6) is -0.580. The molecule has 118 valence electrons. The van der Waals surface area contributed by atoms with Gasteiger partial charge in [0.05, 0.1) is 29.7 Å². The van der Waals surface area contributed by atoms with Crippen molar-refractivity contribution >= 4 is 21.7 Å². The van der Waals surface area contributed by atoms with Gasteiger partial charge in [-0.2, -0.15) is 5.10 Å². The molecule has 1 aromatic carbocycles. The number of rotatable bonds is 5. The Morgan fingerprint density at radius 2 is 2.05 bits per heavy atom. The van der Waals surface area contributed by atoms with Crippen molar-refractivity contribution in [1.82, 2.24) is 9.78 Å². The predicted octanol–water partition coefficient (Wildman–Crippen LogP) is 1.71. The number of sulfonamides is 1. The Kier molecular flexibility index (Phi) is 4.51. The second-order valence-electron chi connectivity index (χ2n) is 4.59. The largest absolute Gasteiger partial charge is 0.462 e. The summed E-state index contributed by atoms with van der Waals surface area (Å²) in [5.41, 5.74) is 0.833. The Labute approximate surface area is 129 Å². The van der Waals surface area contributed by atoms with Gasteiger partial charge in [-0.05, 0) is 26.0 Å². The van der Waals surface area contributed by atoms with Gasteiger partial charge in [0.1, 0.15) is 4.90 Å². The second kappa shape index (κ2) is 6.18. The summed E-state index contributed by atoms with van der Waals surface area (Å²) in [6.07, 6.45) is 1.27. The molecule has 2 aromatic rings. The molecule has 0 aliphatic rings. The van der Waals surface area contributed by atoms with Crippen molar-refractivity contribution < 1.29 is 17.9 Å². The van der Waals surface area contributed by atoms with Gasteiger partial charge < -0.3 is 4.74 Å². The van der Waals surface area contributed by atoms with E-state index in [1.54, 1.807) is 33.0 Å². The van der Waals surface area contributed by atoms with E-state index in [1.807, 2.05) is 0 Å². The molecule has 0 spiro atoms. The topological polar surface area (TPSA) is 90.3 Å². The fraction of sp³-hybridized carbons (Fsp3) is 0.286. The van der Waals surface area contributed by atoms with Crippen molar-refractivity contribution in [3.05, 3.63) is 41.7 Å². The van der Waals surface area contributed by atoms with E-state index in [0.717, 1.165) is 0 Å². The predicted molar refractivity (Wildman–Crippen MR) is 81.2 cm³/mol. The van der Waals surface area contributed by atoms with Crippen LogP contribution in [-0.2, 0) is 21.8 Å². The third-order valence-electron chi connectivity index (χ3n) is 3.15. The molecule has 0 amide bonds. The summed E-state index contributed by atoms with van der Waals surface area (Å²) in [4.78, 5) is 11.9. The van der Waals surface area contributed by atoms with E-state index in [9.17, 15) is 13.2 Å². The Bertz CT molecular complexity index is 796. The lowest BCUT2D eigenvalue weighted by atomic mass is 10.2. The van der Waals surface area contributed by atoms with Gasteiger partial charge in [-0.15, -0.1) is 0 Å². The summed E-state index contributed by atoms with van der Waals surface area (Å²) in [7, 11) is -2.18. The molecule has 0 atom stereocenters. The van der Waals surface area contributed by atoms with Gasteiger partial charge in [-0.3, -0.25) is 9.40 Å². The monoisotopic (exact) mass is 323 g/mol. The van der Waals surface area contributed by atoms with Crippen LogP contribution in [0.5, 0.6) is 0 Å². The minimum Gasteiger partial charge on any atom is -0.462 e. The van der Waals surface area contributed by atoms with Crippen LogP contribution >= 0.6 is 0 Å². The van der Waals surface area contributed by atoms with Crippen LogP contribution in [-0.4, -0.2) is 30.8 Å². The van der Waals surface area contributed by atoms with Gasteiger partial charge in [-0.1, -0.05) is 12.1 Å². The number of benzene rings is 1. The van der Waals surface area contributed by atoms with Crippen molar-refractivity contribution in [3.63, 3.8) is 0 Å². The molecule has 0 unspecified atom stereocenters. The highest BCUT2D eigenvalue weighted by Gasteiger charge is 2.22. The standard InChI is InChI=1S/C14H17N3O4S/c1-4-21-14(18)11-7-5-6-8-12(11)16-22(19,20)13-9-15-17(3)10(13)2/h5-9,16H,4H2,1-3H3. The minimum absolute atomic E-state index is 0.0636. The third-order valence-corrected chi connectivity index (χ3v) is 4.61. The fourth-order valence-corrected chi connectivity index (χ4v) is 3.19. The second-order valence-corrected chi connectivity index (χ2v) is 6.24. The first kappa shape index (κ1) is 16.0. The lowest BCUT2D eigenvalue weighted by Gasteiger charge is -2.11. The van der Waals surface area contributed by atoms with Crippen LogP contribution in [0.3, 0.4) is 0 Å². The molecule has 7 nitrogen and oxygen atoms in total. The molecule has 0 radical (unpaired) electrons. The van der Waals surface area contributed by atoms with Gasteiger partial charge in [0.15, 0.2) is 0 Å². The molecule has 0 saturated heterocycles. The number of hydrogen-bond donors (Lipinski definition) is 1. The maximum atomic E-state index is 12.5. The zero-order valence-electron chi connectivity index (χ0n) is 12.5. The van der Waals surface area contributed by atoms with Crippen LogP contribution < -0.4 is 4.72 Å².